The second-order valence-corrected chi connectivity index (χ2v) is 5.37. The summed E-state index contributed by atoms with van der Waals surface area (Å²) in [4.78, 5) is 13.1. The molecule has 0 aliphatic carbocycles. The summed E-state index contributed by atoms with van der Waals surface area (Å²) in [7, 11) is 0. The van der Waals surface area contributed by atoms with Gasteiger partial charge in [0, 0.05) is 31.5 Å². The molecule has 1 aliphatic rings. The predicted octanol–water partition coefficient (Wildman–Crippen LogP) is 0.631. The van der Waals surface area contributed by atoms with E-state index in [4.69, 9.17) is 0 Å². The first-order valence-corrected chi connectivity index (χ1v) is 7.20. The van der Waals surface area contributed by atoms with Crippen molar-refractivity contribution in [2.45, 2.75) is 56.7 Å². The van der Waals surface area contributed by atoms with Gasteiger partial charge in [-0.2, -0.15) is 13.2 Å². The number of Topliss-reactive ketones (excluding diaryl/α,β-unsaturated/α-hetero) is 1. The highest BCUT2D eigenvalue weighted by Gasteiger charge is 2.47. The third kappa shape index (κ3) is 5.05. The number of aliphatic hydroxyl groups excluding tert-OH is 3. The first-order valence-electron chi connectivity index (χ1n) is 7.20. The summed E-state index contributed by atoms with van der Waals surface area (Å²) in [5.74, 6) is -0.120. The van der Waals surface area contributed by atoms with Gasteiger partial charge in [-0.25, -0.2) is 0 Å². The van der Waals surface area contributed by atoms with Crippen molar-refractivity contribution in [3.63, 3.8) is 0 Å². The molecule has 0 saturated carbocycles. The fourth-order valence-electron chi connectivity index (χ4n) is 2.69. The van der Waals surface area contributed by atoms with Gasteiger partial charge in [-0.3, -0.25) is 9.69 Å². The van der Waals surface area contributed by atoms with Gasteiger partial charge in [-0.05, 0) is 6.42 Å². The number of hydrogen-bond donors (Lipinski definition) is 3. The topological polar surface area (TPSA) is 81.0 Å². The Bertz CT molecular complexity index is 400. The number of allylic oxidation sites excluding steroid dienone is 1. The van der Waals surface area contributed by atoms with Crippen LogP contribution in [0, 0.1) is 0 Å². The highest BCUT2D eigenvalue weighted by molar-refractivity contribution is 5.78. The van der Waals surface area contributed by atoms with Crippen LogP contribution in [-0.4, -0.2) is 69.6 Å². The maximum absolute atomic E-state index is 12.1. The second-order valence-electron chi connectivity index (χ2n) is 5.37. The molecule has 0 aromatic heterocycles. The Balaban J connectivity index is 2.75. The molecule has 0 spiro atoms. The Morgan fingerprint density at radius 3 is 2.32 bits per heavy atom. The molecule has 1 heterocycles. The van der Waals surface area contributed by atoms with Crippen molar-refractivity contribution in [2.75, 3.05) is 13.2 Å². The van der Waals surface area contributed by atoms with Crippen molar-refractivity contribution >= 4 is 5.78 Å². The Morgan fingerprint density at radius 2 is 1.82 bits per heavy atom. The fourth-order valence-corrected chi connectivity index (χ4v) is 2.69. The molecule has 0 amide bonds. The molecule has 22 heavy (non-hydrogen) atoms. The van der Waals surface area contributed by atoms with Crippen molar-refractivity contribution in [1.29, 1.82) is 0 Å². The second kappa shape index (κ2) is 8.05. The third-order valence-corrected chi connectivity index (χ3v) is 3.87. The lowest BCUT2D eigenvalue weighted by Gasteiger charge is -2.28. The quantitative estimate of drug-likeness (QED) is 0.598. The van der Waals surface area contributed by atoms with Gasteiger partial charge >= 0.3 is 6.18 Å². The lowest BCUT2D eigenvalue weighted by atomic mass is 10.0. The van der Waals surface area contributed by atoms with Crippen LogP contribution in [0.1, 0.15) is 26.2 Å². The van der Waals surface area contributed by atoms with Crippen LogP contribution in [0.25, 0.3) is 0 Å². The van der Waals surface area contributed by atoms with E-state index in [1.54, 1.807) is 6.92 Å². The summed E-state index contributed by atoms with van der Waals surface area (Å²) in [6, 6.07) is -1.48. The number of alkyl halides is 3. The Labute approximate surface area is 127 Å². The van der Waals surface area contributed by atoms with E-state index in [2.05, 4.69) is 0 Å². The third-order valence-electron chi connectivity index (χ3n) is 3.87. The molecular formula is C14H22F3NO4. The zero-order valence-electron chi connectivity index (χ0n) is 12.3. The van der Waals surface area contributed by atoms with E-state index in [1.807, 2.05) is 0 Å². The van der Waals surface area contributed by atoms with Crippen LogP contribution in [-0.2, 0) is 4.79 Å². The zero-order valence-corrected chi connectivity index (χ0v) is 12.3. The molecule has 8 heteroatoms. The van der Waals surface area contributed by atoms with E-state index in [1.165, 1.54) is 4.90 Å². The van der Waals surface area contributed by atoms with E-state index < -0.39 is 37.1 Å². The van der Waals surface area contributed by atoms with Crippen LogP contribution >= 0.6 is 0 Å². The monoisotopic (exact) mass is 325 g/mol. The van der Waals surface area contributed by atoms with Gasteiger partial charge in [-0.1, -0.05) is 13.0 Å². The van der Waals surface area contributed by atoms with E-state index >= 15 is 0 Å². The number of halogens is 3. The van der Waals surface area contributed by atoms with Gasteiger partial charge in [-0.15, -0.1) is 0 Å². The fraction of sp³-hybridized carbons (Fsp3) is 0.786. The largest absolute Gasteiger partial charge is 0.409 e. The highest BCUT2D eigenvalue weighted by atomic mass is 19.4. The molecule has 3 N–H and O–H groups in total. The molecule has 0 aromatic rings. The lowest BCUT2D eigenvalue weighted by molar-refractivity contribution is -0.120. The number of ketones is 1. The van der Waals surface area contributed by atoms with Crippen LogP contribution < -0.4 is 0 Å². The van der Waals surface area contributed by atoms with Crippen LogP contribution in [0.5, 0.6) is 0 Å². The maximum Gasteiger partial charge on any atom is 0.409 e. The highest BCUT2D eigenvalue weighted by Crippen LogP contribution is 2.28. The lowest BCUT2D eigenvalue weighted by Crippen LogP contribution is -2.42. The molecule has 5 nitrogen and oxygen atoms in total. The van der Waals surface area contributed by atoms with E-state index in [9.17, 15) is 33.3 Å². The van der Waals surface area contributed by atoms with Gasteiger partial charge in [0.25, 0.3) is 0 Å². The molecule has 0 bridgehead atoms. The normalized spacial score (nSPS) is 30.3. The van der Waals surface area contributed by atoms with Gasteiger partial charge in [0.15, 0.2) is 0 Å². The maximum atomic E-state index is 12.1. The van der Waals surface area contributed by atoms with Crippen molar-refractivity contribution in [3.8, 4) is 0 Å². The van der Waals surface area contributed by atoms with E-state index in [-0.39, 0.29) is 37.7 Å². The molecule has 0 radical (unpaired) electrons. The number of aliphatic hydroxyl groups is 3. The van der Waals surface area contributed by atoms with Gasteiger partial charge in [0.2, 0.25) is 0 Å². The number of carbonyl (C=O) groups is 1. The van der Waals surface area contributed by atoms with Crippen molar-refractivity contribution in [2.24, 2.45) is 0 Å². The standard InChI is InChI=1S/C14H22F3NO4/c1-2-9(20)7-10-12(21)13(22)11(8-19)18(10)6-4-3-5-14(15,16)17/h3,5,10-13,19,21-22H,2,4,6-8H2,1H3/b5-3-/t10?,11-,12-,13-/m1/s1. The van der Waals surface area contributed by atoms with Crippen molar-refractivity contribution in [3.05, 3.63) is 12.2 Å². The molecule has 1 unspecified atom stereocenters. The SMILES string of the molecule is CCC(=O)CC1[C@@H](O)[C@H](O)[C@@H](CO)N1CC/C=C\C(F)(F)F. The molecular weight excluding hydrogens is 303 g/mol. The minimum Gasteiger partial charge on any atom is -0.395 e. The number of nitrogens with zero attached hydrogens (tertiary/aromatic N) is 1. The minimum absolute atomic E-state index is 0.00574. The average Bonchev–Trinajstić information content (AvgIpc) is 2.66. The van der Waals surface area contributed by atoms with E-state index in [0.29, 0.717) is 0 Å². The summed E-state index contributed by atoms with van der Waals surface area (Å²) in [6.07, 6.45) is -5.46. The smallest absolute Gasteiger partial charge is 0.395 e. The number of hydrogen-bond acceptors (Lipinski definition) is 5. The van der Waals surface area contributed by atoms with Crippen LogP contribution in [0.4, 0.5) is 13.2 Å². The summed E-state index contributed by atoms with van der Waals surface area (Å²) in [5, 5.41) is 29.2. The van der Waals surface area contributed by atoms with Crippen LogP contribution in [0.2, 0.25) is 0 Å². The van der Waals surface area contributed by atoms with Crippen LogP contribution in [0.15, 0.2) is 12.2 Å². The van der Waals surface area contributed by atoms with E-state index in [0.717, 1.165) is 6.08 Å². The summed E-state index contributed by atoms with van der Waals surface area (Å²) in [6.45, 7) is 1.33. The molecule has 1 rings (SSSR count). The first-order chi connectivity index (χ1) is 10.2. The number of carbonyl (C=O) groups excluding carboxylic acids is 1. The predicted molar refractivity (Wildman–Crippen MR) is 73.1 cm³/mol. The Hall–Kier alpha value is -0.960. The molecule has 1 fully saturated rings. The minimum atomic E-state index is -4.39. The van der Waals surface area contributed by atoms with Crippen molar-refractivity contribution < 1.29 is 33.3 Å². The van der Waals surface area contributed by atoms with Crippen molar-refractivity contribution in [1.82, 2.24) is 4.90 Å². The summed E-state index contributed by atoms with van der Waals surface area (Å²) >= 11 is 0. The zero-order chi connectivity index (χ0) is 16.9. The molecule has 128 valence electrons. The Kier molecular flexibility index (Phi) is 6.98. The summed E-state index contributed by atoms with van der Waals surface area (Å²) < 4.78 is 36.2. The Morgan fingerprint density at radius 1 is 1.23 bits per heavy atom. The molecule has 4 atom stereocenters. The van der Waals surface area contributed by atoms with Gasteiger partial charge in [0.1, 0.15) is 5.78 Å². The first kappa shape index (κ1) is 19.1. The summed E-state index contributed by atoms with van der Waals surface area (Å²) in [5.41, 5.74) is 0. The van der Waals surface area contributed by atoms with Crippen LogP contribution in [0.3, 0.4) is 0 Å². The average molecular weight is 325 g/mol. The number of rotatable bonds is 7. The molecule has 0 aromatic carbocycles. The van der Waals surface area contributed by atoms with Gasteiger partial charge < -0.3 is 15.3 Å². The molecule has 1 saturated heterocycles. The molecule has 1 aliphatic heterocycles. The van der Waals surface area contributed by atoms with Gasteiger partial charge in [0.05, 0.1) is 24.9 Å². The number of likely N-dealkylation sites (tertiary alicyclic amines) is 1.